The van der Waals surface area contributed by atoms with Crippen molar-refractivity contribution in [2.45, 2.75) is 56.9 Å². The molecule has 27 heavy (non-hydrogen) atoms. The highest BCUT2D eigenvalue weighted by molar-refractivity contribution is 7.89. The van der Waals surface area contributed by atoms with Gasteiger partial charge in [0.1, 0.15) is 4.90 Å². The van der Waals surface area contributed by atoms with Crippen LogP contribution in [0.1, 0.15) is 48.7 Å². The lowest BCUT2D eigenvalue weighted by Gasteiger charge is -2.31. The summed E-state index contributed by atoms with van der Waals surface area (Å²) in [5.74, 6) is 0.741. The zero-order chi connectivity index (χ0) is 19.2. The van der Waals surface area contributed by atoms with Crippen LogP contribution in [-0.4, -0.2) is 45.6 Å². The summed E-state index contributed by atoms with van der Waals surface area (Å²) < 4.78 is 29.0. The summed E-state index contributed by atoms with van der Waals surface area (Å²) in [6, 6.07) is 1.65. The minimum atomic E-state index is -3.53. The van der Waals surface area contributed by atoms with Crippen LogP contribution >= 0.6 is 0 Å². The van der Waals surface area contributed by atoms with Crippen LogP contribution in [0.4, 0.5) is 0 Å². The Balaban J connectivity index is 1.41. The van der Waals surface area contributed by atoms with Crippen molar-refractivity contribution >= 4 is 10.0 Å². The van der Waals surface area contributed by atoms with E-state index in [4.69, 9.17) is 0 Å². The molecule has 0 unspecified atom stereocenters. The third-order valence-corrected chi connectivity index (χ3v) is 7.75. The number of hydrogen-bond acceptors (Lipinski definition) is 5. The molecule has 0 atom stereocenters. The van der Waals surface area contributed by atoms with Crippen molar-refractivity contribution in [3.05, 3.63) is 39.8 Å². The number of aryl methyl sites for hydroxylation is 2. The molecule has 2 aliphatic rings. The van der Waals surface area contributed by atoms with E-state index in [1.54, 1.807) is 30.8 Å². The number of rotatable bonds is 5. The summed E-state index contributed by atoms with van der Waals surface area (Å²) >= 11 is 0. The van der Waals surface area contributed by atoms with Gasteiger partial charge in [-0.05, 0) is 45.4 Å². The number of aromatic amines is 1. The predicted octanol–water partition coefficient (Wildman–Crippen LogP) is 1.56. The van der Waals surface area contributed by atoms with Crippen LogP contribution in [-0.2, 0) is 16.6 Å². The SMILES string of the molecule is Cc1n[nH]c(C)c1S(=O)(=O)N1CCC(Cn2cnc(C3CC3)cc2=O)CC1. The lowest BCUT2D eigenvalue weighted by atomic mass is 9.98. The van der Waals surface area contributed by atoms with E-state index < -0.39 is 10.0 Å². The van der Waals surface area contributed by atoms with Crippen molar-refractivity contribution in [1.82, 2.24) is 24.1 Å². The molecule has 8 nitrogen and oxygen atoms in total. The van der Waals surface area contributed by atoms with Gasteiger partial charge in [-0.1, -0.05) is 0 Å². The molecule has 0 spiro atoms. The standard InChI is InChI=1S/C18H25N5O3S/c1-12-18(13(2)21-20-12)27(25,26)23-7-5-14(6-8-23)10-22-11-19-16(9-17(22)24)15-3-4-15/h9,11,14-15H,3-8,10H2,1-2H3,(H,20,21). The molecule has 1 saturated heterocycles. The third-order valence-electron chi connectivity index (χ3n) is 5.58. The van der Waals surface area contributed by atoms with E-state index in [2.05, 4.69) is 15.2 Å². The molecule has 1 aliphatic carbocycles. The van der Waals surface area contributed by atoms with Crippen molar-refractivity contribution in [3.8, 4) is 0 Å². The summed E-state index contributed by atoms with van der Waals surface area (Å²) in [6.45, 7) is 4.94. The van der Waals surface area contributed by atoms with E-state index in [-0.39, 0.29) is 16.4 Å². The van der Waals surface area contributed by atoms with E-state index in [0.29, 0.717) is 36.9 Å². The number of sulfonamides is 1. The van der Waals surface area contributed by atoms with Crippen LogP contribution in [0.3, 0.4) is 0 Å². The second-order valence-electron chi connectivity index (χ2n) is 7.69. The van der Waals surface area contributed by atoms with Crippen LogP contribution in [0, 0.1) is 19.8 Å². The quantitative estimate of drug-likeness (QED) is 0.834. The van der Waals surface area contributed by atoms with Crippen LogP contribution in [0.25, 0.3) is 0 Å². The monoisotopic (exact) mass is 391 g/mol. The Morgan fingerprint density at radius 3 is 2.44 bits per heavy atom. The maximum absolute atomic E-state index is 12.9. The molecule has 0 radical (unpaired) electrons. The number of nitrogens with zero attached hydrogens (tertiary/aromatic N) is 4. The zero-order valence-electron chi connectivity index (χ0n) is 15.7. The highest BCUT2D eigenvalue weighted by Gasteiger charge is 2.33. The topological polar surface area (TPSA) is 101 Å². The molecule has 2 fully saturated rings. The van der Waals surface area contributed by atoms with E-state index in [0.717, 1.165) is 31.4 Å². The normalized spacial score (nSPS) is 19.5. The highest BCUT2D eigenvalue weighted by Crippen LogP contribution is 2.38. The van der Waals surface area contributed by atoms with Crippen molar-refractivity contribution in [3.63, 3.8) is 0 Å². The van der Waals surface area contributed by atoms with E-state index >= 15 is 0 Å². The molecule has 1 N–H and O–H groups in total. The minimum absolute atomic E-state index is 0.00778. The Hall–Kier alpha value is -2.00. The molecular weight excluding hydrogens is 366 g/mol. The lowest BCUT2D eigenvalue weighted by molar-refractivity contribution is 0.250. The van der Waals surface area contributed by atoms with Gasteiger partial charge in [0.05, 0.1) is 23.4 Å². The average molecular weight is 391 g/mol. The first-order valence-electron chi connectivity index (χ1n) is 9.44. The molecule has 0 bridgehead atoms. The smallest absolute Gasteiger partial charge is 0.253 e. The molecule has 0 aromatic carbocycles. The first-order chi connectivity index (χ1) is 12.9. The fourth-order valence-corrected chi connectivity index (χ4v) is 5.64. The van der Waals surface area contributed by atoms with Gasteiger partial charge in [-0.3, -0.25) is 14.5 Å². The summed E-state index contributed by atoms with van der Waals surface area (Å²) in [7, 11) is -3.53. The van der Waals surface area contributed by atoms with Gasteiger partial charge >= 0.3 is 0 Å². The Bertz CT molecular complexity index is 979. The lowest BCUT2D eigenvalue weighted by Crippen LogP contribution is -2.40. The summed E-state index contributed by atoms with van der Waals surface area (Å²) in [4.78, 5) is 17.0. The Kier molecular flexibility index (Phi) is 4.67. The second-order valence-corrected chi connectivity index (χ2v) is 9.56. The fourth-order valence-electron chi connectivity index (χ4n) is 3.84. The first-order valence-corrected chi connectivity index (χ1v) is 10.9. The number of aromatic nitrogens is 4. The fraction of sp³-hybridized carbons (Fsp3) is 0.611. The third kappa shape index (κ3) is 3.58. The second kappa shape index (κ2) is 6.87. The average Bonchev–Trinajstić information content (AvgIpc) is 3.42. The summed E-state index contributed by atoms with van der Waals surface area (Å²) in [6.07, 6.45) is 5.35. The van der Waals surface area contributed by atoms with Crippen molar-refractivity contribution in [1.29, 1.82) is 0 Å². The van der Waals surface area contributed by atoms with Crippen LogP contribution in [0.2, 0.25) is 0 Å². The van der Waals surface area contributed by atoms with Gasteiger partial charge < -0.3 is 0 Å². The van der Waals surface area contributed by atoms with Gasteiger partial charge in [0, 0.05) is 31.6 Å². The van der Waals surface area contributed by atoms with Crippen LogP contribution in [0.5, 0.6) is 0 Å². The first kappa shape index (κ1) is 18.4. The van der Waals surface area contributed by atoms with E-state index in [9.17, 15) is 13.2 Å². The molecule has 4 rings (SSSR count). The maximum Gasteiger partial charge on any atom is 0.253 e. The number of piperidine rings is 1. The predicted molar refractivity (Wildman–Crippen MR) is 100 cm³/mol. The van der Waals surface area contributed by atoms with E-state index in [1.165, 1.54) is 4.31 Å². The molecular formula is C18H25N5O3S. The molecule has 3 heterocycles. The molecule has 9 heteroatoms. The molecule has 146 valence electrons. The van der Waals surface area contributed by atoms with Crippen LogP contribution in [0.15, 0.2) is 22.1 Å². The van der Waals surface area contributed by atoms with Gasteiger partial charge in [0.15, 0.2) is 0 Å². The van der Waals surface area contributed by atoms with Crippen molar-refractivity contribution < 1.29 is 8.42 Å². The Morgan fingerprint density at radius 1 is 1.19 bits per heavy atom. The Morgan fingerprint density at radius 2 is 1.89 bits per heavy atom. The highest BCUT2D eigenvalue weighted by atomic mass is 32.2. The van der Waals surface area contributed by atoms with Crippen molar-refractivity contribution in [2.75, 3.05) is 13.1 Å². The van der Waals surface area contributed by atoms with Gasteiger partial charge in [-0.15, -0.1) is 0 Å². The number of hydrogen-bond donors (Lipinski definition) is 1. The molecule has 0 amide bonds. The maximum atomic E-state index is 12.9. The van der Waals surface area contributed by atoms with E-state index in [1.807, 2.05) is 0 Å². The zero-order valence-corrected chi connectivity index (χ0v) is 16.5. The van der Waals surface area contributed by atoms with Gasteiger partial charge in [-0.25, -0.2) is 13.4 Å². The molecule has 1 aliphatic heterocycles. The van der Waals surface area contributed by atoms with Crippen molar-refractivity contribution in [2.24, 2.45) is 5.92 Å². The molecule has 1 saturated carbocycles. The molecule has 2 aromatic heterocycles. The van der Waals surface area contributed by atoms with Gasteiger partial charge in [0.25, 0.3) is 5.56 Å². The Labute approximate surface area is 158 Å². The van der Waals surface area contributed by atoms with Crippen LogP contribution < -0.4 is 5.56 Å². The van der Waals surface area contributed by atoms with Gasteiger partial charge in [-0.2, -0.15) is 9.40 Å². The van der Waals surface area contributed by atoms with Gasteiger partial charge in [0.2, 0.25) is 10.0 Å². The number of H-pyrrole nitrogens is 1. The summed E-state index contributed by atoms with van der Waals surface area (Å²) in [5, 5.41) is 6.75. The summed E-state index contributed by atoms with van der Waals surface area (Å²) in [5.41, 5.74) is 1.97. The number of nitrogens with one attached hydrogen (secondary N) is 1. The minimum Gasteiger partial charge on any atom is -0.299 e. The largest absolute Gasteiger partial charge is 0.299 e. The molecule has 2 aromatic rings.